The maximum atomic E-state index is 13.8. The summed E-state index contributed by atoms with van der Waals surface area (Å²) in [6, 6.07) is 12.2. The van der Waals surface area contributed by atoms with Gasteiger partial charge >= 0.3 is 0 Å². The second kappa shape index (κ2) is 5.51. The zero-order valence-electron chi connectivity index (χ0n) is 10.1. The smallest absolute Gasteiger partial charge is 0.146 e. The average molecular weight is 246 g/mol. The van der Waals surface area contributed by atoms with E-state index in [4.69, 9.17) is 10.5 Å². The van der Waals surface area contributed by atoms with Crippen molar-refractivity contribution >= 4 is 11.4 Å². The number of ether oxygens (including phenoxy) is 1. The Labute approximate surface area is 105 Å². The molecule has 0 heterocycles. The molecule has 0 fully saturated rings. The van der Waals surface area contributed by atoms with Gasteiger partial charge in [0.15, 0.2) is 0 Å². The molecule has 0 aliphatic carbocycles. The first-order valence-electron chi connectivity index (χ1n) is 5.62. The Balaban J connectivity index is 2.22. The standard InChI is InChI=1S/C14H15FN2O/c1-18-12-4-2-3-11(8-12)17-14-6-5-10(9-16)7-13(14)15/h2-8,17H,9,16H2,1H3. The number of benzene rings is 2. The third-order valence-electron chi connectivity index (χ3n) is 2.62. The fraction of sp³-hybridized carbons (Fsp3) is 0.143. The molecule has 0 bridgehead atoms. The van der Waals surface area contributed by atoms with Gasteiger partial charge in [-0.3, -0.25) is 0 Å². The topological polar surface area (TPSA) is 47.3 Å². The summed E-state index contributed by atoms with van der Waals surface area (Å²) in [5, 5.41) is 3.00. The van der Waals surface area contributed by atoms with E-state index in [1.54, 1.807) is 25.3 Å². The van der Waals surface area contributed by atoms with Crippen molar-refractivity contribution in [3.63, 3.8) is 0 Å². The van der Waals surface area contributed by atoms with Gasteiger partial charge in [0.05, 0.1) is 12.8 Å². The Kier molecular flexibility index (Phi) is 3.79. The SMILES string of the molecule is COc1cccc(Nc2ccc(CN)cc2F)c1. The van der Waals surface area contributed by atoms with Crippen LogP contribution in [0.25, 0.3) is 0 Å². The van der Waals surface area contributed by atoms with Crippen molar-refractivity contribution in [1.82, 2.24) is 0 Å². The van der Waals surface area contributed by atoms with E-state index in [2.05, 4.69) is 5.32 Å². The van der Waals surface area contributed by atoms with Gasteiger partial charge in [-0.05, 0) is 29.8 Å². The summed E-state index contributed by atoms with van der Waals surface area (Å²) in [5.74, 6) is 0.403. The monoisotopic (exact) mass is 246 g/mol. The highest BCUT2D eigenvalue weighted by Gasteiger charge is 2.04. The van der Waals surface area contributed by atoms with Crippen molar-refractivity contribution in [2.75, 3.05) is 12.4 Å². The summed E-state index contributed by atoms with van der Waals surface area (Å²) < 4.78 is 18.9. The highest BCUT2D eigenvalue weighted by atomic mass is 19.1. The van der Waals surface area contributed by atoms with E-state index in [-0.39, 0.29) is 5.82 Å². The van der Waals surface area contributed by atoms with Gasteiger partial charge in [-0.1, -0.05) is 12.1 Å². The Morgan fingerprint density at radius 2 is 2.06 bits per heavy atom. The summed E-state index contributed by atoms with van der Waals surface area (Å²) in [6.45, 7) is 0.330. The van der Waals surface area contributed by atoms with Crippen molar-refractivity contribution in [3.05, 3.63) is 53.8 Å². The van der Waals surface area contributed by atoms with Crippen LogP contribution in [0.1, 0.15) is 5.56 Å². The van der Waals surface area contributed by atoms with E-state index >= 15 is 0 Å². The van der Waals surface area contributed by atoms with Crippen LogP contribution in [0.2, 0.25) is 0 Å². The summed E-state index contributed by atoms with van der Waals surface area (Å²) >= 11 is 0. The second-order valence-electron chi connectivity index (χ2n) is 3.88. The molecule has 2 aromatic carbocycles. The second-order valence-corrected chi connectivity index (χ2v) is 3.88. The normalized spacial score (nSPS) is 10.2. The number of halogens is 1. The lowest BCUT2D eigenvalue weighted by Crippen LogP contribution is -1.99. The lowest BCUT2D eigenvalue weighted by Gasteiger charge is -2.09. The van der Waals surface area contributed by atoms with Crippen molar-refractivity contribution in [3.8, 4) is 5.75 Å². The van der Waals surface area contributed by atoms with E-state index in [1.165, 1.54) is 6.07 Å². The van der Waals surface area contributed by atoms with Gasteiger partial charge in [-0.2, -0.15) is 0 Å². The lowest BCUT2D eigenvalue weighted by molar-refractivity contribution is 0.415. The zero-order valence-corrected chi connectivity index (χ0v) is 10.1. The minimum absolute atomic E-state index is 0.319. The quantitative estimate of drug-likeness (QED) is 0.871. The van der Waals surface area contributed by atoms with Crippen LogP contribution in [0.15, 0.2) is 42.5 Å². The van der Waals surface area contributed by atoms with Crippen LogP contribution >= 0.6 is 0 Å². The van der Waals surface area contributed by atoms with Crippen LogP contribution in [-0.2, 0) is 6.54 Å². The summed E-state index contributed by atoms with van der Waals surface area (Å²) in [4.78, 5) is 0. The molecule has 0 spiro atoms. The fourth-order valence-corrected chi connectivity index (χ4v) is 1.64. The van der Waals surface area contributed by atoms with E-state index in [9.17, 15) is 4.39 Å². The molecule has 4 heteroatoms. The van der Waals surface area contributed by atoms with Gasteiger partial charge in [0.25, 0.3) is 0 Å². The van der Waals surface area contributed by atoms with Crippen LogP contribution in [0.5, 0.6) is 5.75 Å². The van der Waals surface area contributed by atoms with Crippen LogP contribution in [0.3, 0.4) is 0 Å². The predicted molar refractivity (Wildman–Crippen MR) is 70.6 cm³/mol. The summed E-state index contributed by atoms with van der Waals surface area (Å²) in [5.41, 5.74) is 7.41. The molecule has 0 aromatic heterocycles. The maximum absolute atomic E-state index is 13.8. The Bertz CT molecular complexity index is 543. The molecule has 2 aromatic rings. The lowest BCUT2D eigenvalue weighted by atomic mass is 10.2. The molecule has 94 valence electrons. The first-order chi connectivity index (χ1) is 8.72. The first kappa shape index (κ1) is 12.4. The molecular formula is C14H15FN2O. The van der Waals surface area contributed by atoms with E-state index in [1.807, 2.05) is 18.2 Å². The highest BCUT2D eigenvalue weighted by Crippen LogP contribution is 2.23. The van der Waals surface area contributed by atoms with Gasteiger partial charge in [-0.25, -0.2) is 4.39 Å². The van der Waals surface area contributed by atoms with Crippen molar-refractivity contribution in [2.24, 2.45) is 5.73 Å². The third-order valence-corrected chi connectivity index (χ3v) is 2.62. The molecule has 0 saturated heterocycles. The molecule has 0 amide bonds. The molecule has 0 saturated carbocycles. The number of anilines is 2. The number of nitrogens with two attached hydrogens (primary N) is 1. The number of nitrogens with one attached hydrogen (secondary N) is 1. The minimum Gasteiger partial charge on any atom is -0.497 e. The largest absolute Gasteiger partial charge is 0.497 e. The van der Waals surface area contributed by atoms with Crippen molar-refractivity contribution in [1.29, 1.82) is 0 Å². The Morgan fingerprint density at radius 3 is 2.72 bits per heavy atom. The van der Waals surface area contributed by atoms with Crippen LogP contribution < -0.4 is 15.8 Å². The fourth-order valence-electron chi connectivity index (χ4n) is 1.64. The van der Waals surface area contributed by atoms with E-state index in [0.717, 1.165) is 17.0 Å². The van der Waals surface area contributed by atoms with Gasteiger partial charge in [-0.15, -0.1) is 0 Å². The molecule has 3 nitrogen and oxygen atoms in total. The summed E-state index contributed by atoms with van der Waals surface area (Å²) in [6.07, 6.45) is 0. The molecule has 0 aliphatic heterocycles. The molecule has 0 unspecified atom stereocenters. The molecular weight excluding hydrogens is 231 g/mol. The van der Waals surface area contributed by atoms with Gasteiger partial charge < -0.3 is 15.8 Å². The van der Waals surface area contributed by atoms with Crippen LogP contribution in [-0.4, -0.2) is 7.11 Å². The van der Waals surface area contributed by atoms with Crippen molar-refractivity contribution < 1.29 is 9.13 Å². The molecule has 18 heavy (non-hydrogen) atoms. The van der Waals surface area contributed by atoms with Crippen LogP contribution in [0, 0.1) is 5.82 Å². The molecule has 0 radical (unpaired) electrons. The minimum atomic E-state index is -0.319. The number of methoxy groups -OCH3 is 1. The van der Waals surface area contributed by atoms with Gasteiger partial charge in [0.1, 0.15) is 11.6 Å². The first-order valence-corrected chi connectivity index (χ1v) is 5.62. The van der Waals surface area contributed by atoms with Crippen molar-refractivity contribution in [2.45, 2.75) is 6.54 Å². The molecule has 3 N–H and O–H groups in total. The number of hydrogen-bond acceptors (Lipinski definition) is 3. The molecule has 0 atom stereocenters. The Hall–Kier alpha value is -2.07. The summed E-state index contributed by atoms with van der Waals surface area (Å²) in [7, 11) is 1.59. The van der Waals surface area contributed by atoms with Crippen LogP contribution in [0.4, 0.5) is 15.8 Å². The number of rotatable bonds is 4. The highest BCUT2D eigenvalue weighted by molar-refractivity contribution is 5.62. The van der Waals surface area contributed by atoms with E-state index < -0.39 is 0 Å². The van der Waals surface area contributed by atoms with Gasteiger partial charge in [0, 0.05) is 18.3 Å². The zero-order chi connectivity index (χ0) is 13.0. The Morgan fingerprint density at radius 1 is 1.22 bits per heavy atom. The number of hydrogen-bond donors (Lipinski definition) is 2. The maximum Gasteiger partial charge on any atom is 0.146 e. The molecule has 0 aliphatic rings. The third kappa shape index (κ3) is 2.78. The molecule has 2 rings (SSSR count). The predicted octanol–water partition coefficient (Wildman–Crippen LogP) is 3.04. The average Bonchev–Trinajstić information content (AvgIpc) is 2.41. The van der Waals surface area contributed by atoms with E-state index in [0.29, 0.717) is 12.2 Å². The van der Waals surface area contributed by atoms with Gasteiger partial charge in [0.2, 0.25) is 0 Å².